The van der Waals surface area contributed by atoms with Gasteiger partial charge in [-0.05, 0) is 36.6 Å². The van der Waals surface area contributed by atoms with Gasteiger partial charge in [0.2, 0.25) is 5.91 Å². The Morgan fingerprint density at radius 2 is 1.75 bits per heavy atom. The molecule has 0 saturated carbocycles. The number of rotatable bonds is 9. The lowest BCUT2D eigenvalue weighted by Crippen LogP contribution is -2.34. The van der Waals surface area contributed by atoms with E-state index in [0.29, 0.717) is 23.8 Å². The van der Waals surface area contributed by atoms with Crippen molar-refractivity contribution in [2.45, 2.75) is 39.2 Å². The van der Waals surface area contributed by atoms with Gasteiger partial charge in [0.1, 0.15) is 5.75 Å². The normalized spacial score (nSPS) is 11.6. The van der Waals surface area contributed by atoms with Crippen LogP contribution in [0.2, 0.25) is 0 Å². The smallest absolute Gasteiger partial charge is 0.222 e. The number of ketones is 1. The molecule has 136 valence electrons. The molecule has 0 fully saturated rings. The molecule has 0 aromatic heterocycles. The van der Waals surface area contributed by atoms with E-state index in [2.05, 4.69) is 13.8 Å². The minimum absolute atomic E-state index is 0. The molecule has 1 unspecified atom stereocenters. The first-order chi connectivity index (χ1) is 10.8. The van der Waals surface area contributed by atoms with Crippen LogP contribution in [0.5, 0.6) is 5.75 Å². The standard InChI is InChI=1S/C18H28N2O3.ClH/c1-13(2)16(19)11-12-20(3)18(22)10-9-17(21)14-5-7-15(23-4)8-6-14;/h5-8,13,16H,9-12,19H2,1-4H3;1H. The van der Waals surface area contributed by atoms with E-state index in [1.807, 2.05) is 0 Å². The van der Waals surface area contributed by atoms with E-state index < -0.39 is 0 Å². The van der Waals surface area contributed by atoms with Gasteiger partial charge >= 0.3 is 0 Å². The minimum atomic E-state index is -0.0340. The van der Waals surface area contributed by atoms with Gasteiger partial charge < -0.3 is 15.4 Å². The SMILES string of the molecule is COc1ccc(C(=O)CCC(=O)N(C)CCC(N)C(C)C)cc1.Cl. The fourth-order valence-electron chi connectivity index (χ4n) is 2.13. The van der Waals surface area contributed by atoms with Crippen LogP contribution in [0.15, 0.2) is 24.3 Å². The average molecular weight is 357 g/mol. The Balaban J connectivity index is 0.00000529. The second kappa shape index (κ2) is 11.0. The molecule has 1 aromatic rings. The predicted molar refractivity (Wildman–Crippen MR) is 98.9 cm³/mol. The third-order valence-corrected chi connectivity index (χ3v) is 4.06. The lowest BCUT2D eigenvalue weighted by atomic mass is 10.0. The maximum absolute atomic E-state index is 12.1. The van der Waals surface area contributed by atoms with Crippen molar-refractivity contribution < 1.29 is 14.3 Å². The number of ether oxygens (including phenoxy) is 1. The van der Waals surface area contributed by atoms with E-state index in [1.165, 1.54) is 0 Å². The summed E-state index contributed by atoms with van der Waals surface area (Å²) in [6.07, 6.45) is 1.20. The van der Waals surface area contributed by atoms with Crippen LogP contribution < -0.4 is 10.5 Å². The summed E-state index contributed by atoms with van der Waals surface area (Å²) in [6.45, 7) is 4.76. The lowest BCUT2D eigenvalue weighted by molar-refractivity contribution is -0.129. The van der Waals surface area contributed by atoms with E-state index >= 15 is 0 Å². The largest absolute Gasteiger partial charge is 0.497 e. The third-order valence-electron chi connectivity index (χ3n) is 4.06. The van der Waals surface area contributed by atoms with Crippen molar-refractivity contribution >= 4 is 24.1 Å². The topological polar surface area (TPSA) is 72.6 Å². The van der Waals surface area contributed by atoms with Gasteiger partial charge in [0.25, 0.3) is 0 Å². The molecule has 0 heterocycles. The number of Topliss-reactive ketones (excluding diaryl/α,β-unsaturated/α-hetero) is 1. The molecule has 0 saturated heterocycles. The summed E-state index contributed by atoms with van der Waals surface area (Å²) in [5.74, 6) is 1.05. The van der Waals surface area contributed by atoms with Crippen molar-refractivity contribution in [1.82, 2.24) is 4.90 Å². The van der Waals surface area contributed by atoms with Crippen molar-refractivity contribution in [2.75, 3.05) is 20.7 Å². The number of hydrogen-bond donors (Lipinski definition) is 1. The van der Waals surface area contributed by atoms with Gasteiger partial charge in [0.15, 0.2) is 5.78 Å². The highest BCUT2D eigenvalue weighted by molar-refractivity contribution is 5.98. The number of nitrogens with two attached hydrogens (primary N) is 1. The molecule has 0 radical (unpaired) electrons. The van der Waals surface area contributed by atoms with Gasteiger partial charge in [-0.25, -0.2) is 0 Å². The van der Waals surface area contributed by atoms with Crippen LogP contribution in [0.4, 0.5) is 0 Å². The number of amides is 1. The number of halogens is 1. The van der Waals surface area contributed by atoms with E-state index in [-0.39, 0.29) is 43.0 Å². The number of methoxy groups -OCH3 is 1. The summed E-state index contributed by atoms with van der Waals surface area (Å²) in [4.78, 5) is 25.8. The highest BCUT2D eigenvalue weighted by atomic mass is 35.5. The Morgan fingerprint density at radius 1 is 1.17 bits per heavy atom. The van der Waals surface area contributed by atoms with Crippen molar-refractivity contribution in [1.29, 1.82) is 0 Å². The summed E-state index contributed by atoms with van der Waals surface area (Å²) >= 11 is 0. The maximum Gasteiger partial charge on any atom is 0.222 e. The molecule has 0 bridgehead atoms. The predicted octanol–water partition coefficient (Wildman–Crippen LogP) is 2.91. The minimum Gasteiger partial charge on any atom is -0.497 e. The molecule has 0 aliphatic heterocycles. The number of benzene rings is 1. The fourth-order valence-corrected chi connectivity index (χ4v) is 2.13. The van der Waals surface area contributed by atoms with Crippen LogP contribution in [-0.2, 0) is 4.79 Å². The molecule has 0 aliphatic carbocycles. The van der Waals surface area contributed by atoms with E-state index in [0.717, 1.165) is 6.42 Å². The first-order valence-electron chi connectivity index (χ1n) is 8.02. The summed E-state index contributed by atoms with van der Waals surface area (Å²) < 4.78 is 5.06. The zero-order chi connectivity index (χ0) is 17.4. The van der Waals surface area contributed by atoms with Gasteiger partial charge in [0, 0.05) is 38.0 Å². The van der Waals surface area contributed by atoms with Crippen LogP contribution in [0.25, 0.3) is 0 Å². The Kier molecular flexibility index (Phi) is 10.3. The van der Waals surface area contributed by atoms with Gasteiger partial charge in [-0.3, -0.25) is 9.59 Å². The maximum atomic E-state index is 12.1. The summed E-state index contributed by atoms with van der Waals surface area (Å²) in [6, 6.07) is 7.02. The van der Waals surface area contributed by atoms with Crippen LogP contribution in [0.1, 0.15) is 43.5 Å². The molecule has 0 aliphatic rings. The van der Waals surface area contributed by atoms with E-state index in [4.69, 9.17) is 10.5 Å². The van der Waals surface area contributed by atoms with Gasteiger partial charge in [-0.1, -0.05) is 13.8 Å². The molecule has 1 atom stereocenters. The highest BCUT2D eigenvalue weighted by Crippen LogP contribution is 2.14. The van der Waals surface area contributed by atoms with Crippen LogP contribution in [0, 0.1) is 5.92 Å². The fraction of sp³-hybridized carbons (Fsp3) is 0.556. The molecule has 5 nitrogen and oxygen atoms in total. The Morgan fingerprint density at radius 3 is 2.25 bits per heavy atom. The molecule has 2 N–H and O–H groups in total. The molecule has 1 rings (SSSR count). The number of carbonyl (C=O) groups is 2. The first-order valence-corrected chi connectivity index (χ1v) is 8.02. The van der Waals surface area contributed by atoms with Crippen LogP contribution >= 0.6 is 12.4 Å². The average Bonchev–Trinajstić information content (AvgIpc) is 2.56. The second-order valence-corrected chi connectivity index (χ2v) is 6.16. The molecule has 1 aromatic carbocycles. The van der Waals surface area contributed by atoms with Crippen LogP contribution in [-0.4, -0.2) is 43.3 Å². The molecule has 24 heavy (non-hydrogen) atoms. The first kappa shape index (κ1) is 22.4. The van der Waals surface area contributed by atoms with Gasteiger partial charge in [-0.15, -0.1) is 12.4 Å². The Hall–Kier alpha value is -1.59. The quantitative estimate of drug-likeness (QED) is 0.690. The molecular formula is C18H29ClN2O3. The lowest BCUT2D eigenvalue weighted by Gasteiger charge is -2.21. The van der Waals surface area contributed by atoms with E-state index in [1.54, 1.807) is 43.3 Å². The number of hydrogen-bond acceptors (Lipinski definition) is 4. The summed E-state index contributed by atoms with van der Waals surface area (Å²) in [5.41, 5.74) is 6.58. The van der Waals surface area contributed by atoms with Crippen molar-refractivity contribution in [3.8, 4) is 5.75 Å². The Labute approximate surface area is 151 Å². The summed E-state index contributed by atoms with van der Waals surface area (Å²) in [7, 11) is 3.34. The van der Waals surface area contributed by atoms with Crippen molar-refractivity contribution in [3.05, 3.63) is 29.8 Å². The molecular weight excluding hydrogens is 328 g/mol. The van der Waals surface area contributed by atoms with Crippen molar-refractivity contribution in [3.63, 3.8) is 0 Å². The van der Waals surface area contributed by atoms with Gasteiger partial charge in [-0.2, -0.15) is 0 Å². The molecule has 0 spiro atoms. The zero-order valence-electron chi connectivity index (χ0n) is 15.0. The van der Waals surface area contributed by atoms with Gasteiger partial charge in [0.05, 0.1) is 7.11 Å². The van der Waals surface area contributed by atoms with E-state index in [9.17, 15) is 9.59 Å². The number of carbonyl (C=O) groups excluding carboxylic acids is 2. The third kappa shape index (κ3) is 7.32. The second-order valence-electron chi connectivity index (χ2n) is 6.16. The zero-order valence-corrected chi connectivity index (χ0v) is 15.8. The monoisotopic (exact) mass is 356 g/mol. The highest BCUT2D eigenvalue weighted by Gasteiger charge is 2.15. The van der Waals surface area contributed by atoms with Crippen LogP contribution in [0.3, 0.4) is 0 Å². The molecule has 6 heteroatoms. The summed E-state index contributed by atoms with van der Waals surface area (Å²) in [5, 5.41) is 0. The Bertz CT molecular complexity index is 518. The van der Waals surface area contributed by atoms with Crippen molar-refractivity contribution in [2.24, 2.45) is 11.7 Å². The number of nitrogens with zero attached hydrogens (tertiary/aromatic N) is 1. The molecule has 1 amide bonds.